The van der Waals surface area contributed by atoms with Gasteiger partial charge in [0.05, 0.1) is 7.11 Å². The van der Waals surface area contributed by atoms with Gasteiger partial charge in [0.15, 0.2) is 11.0 Å². The smallest absolute Gasteiger partial charge is 0.249 e. The molecule has 20 heavy (non-hydrogen) atoms. The maximum Gasteiger partial charge on any atom is 0.249 e. The van der Waals surface area contributed by atoms with Gasteiger partial charge in [0.2, 0.25) is 5.91 Å². The molecule has 5 nitrogen and oxygen atoms in total. The number of aromatic nitrogens is 2. The topological polar surface area (TPSA) is 64.1 Å². The third kappa shape index (κ3) is 4.07. The molecule has 1 N–H and O–H groups in total. The highest BCUT2D eigenvalue weighted by atomic mass is 35.5. The van der Waals surface area contributed by atoms with E-state index in [1.54, 1.807) is 25.3 Å². The summed E-state index contributed by atoms with van der Waals surface area (Å²) in [6, 6.07) is 10.5. The van der Waals surface area contributed by atoms with Crippen molar-refractivity contribution in [1.82, 2.24) is 10.2 Å². The third-order valence-electron chi connectivity index (χ3n) is 2.43. The Morgan fingerprint density at radius 3 is 2.55 bits per heavy atom. The van der Waals surface area contributed by atoms with Gasteiger partial charge < -0.3 is 10.1 Å². The highest BCUT2D eigenvalue weighted by molar-refractivity contribution is 6.29. The fourth-order valence-electron chi connectivity index (χ4n) is 1.44. The van der Waals surface area contributed by atoms with Crippen molar-refractivity contribution in [3.63, 3.8) is 0 Å². The molecular formula is C14H12ClN3O2. The highest BCUT2D eigenvalue weighted by Crippen LogP contribution is 2.12. The lowest BCUT2D eigenvalue weighted by atomic mass is 10.2. The first-order valence-electron chi connectivity index (χ1n) is 5.80. The van der Waals surface area contributed by atoms with Crippen molar-refractivity contribution in [2.45, 2.75) is 0 Å². The van der Waals surface area contributed by atoms with Crippen molar-refractivity contribution < 1.29 is 9.53 Å². The molecule has 102 valence electrons. The Hall–Kier alpha value is -2.40. The average molecular weight is 290 g/mol. The maximum absolute atomic E-state index is 11.7. The van der Waals surface area contributed by atoms with Crippen LogP contribution in [0, 0.1) is 0 Å². The van der Waals surface area contributed by atoms with Gasteiger partial charge >= 0.3 is 0 Å². The molecule has 0 aliphatic heterocycles. The Morgan fingerprint density at radius 2 is 1.95 bits per heavy atom. The summed E-state index contributed by atoms with van der Waals surface area (Å²) in [7, 11) is 1.60. The van der Waals surface area contributed by atoms with E-state index < -0.39 is 0 Å². The number of hydrogen-bond donors (Lipinski definition) is 1. The van der Waals surface area contributed by atoms with E-state index in [4.69, 9.17) is 16.3 Å². The van der Waals surface area contributed by atoms with Crippen LogP contribution in [0.15, 0.2) is 42.5 Å². The number of carbonyl (C=O) groups excluding carboxylic acids is 1. The largest absolute Gasteiger partial charge is 0.497 e. The van der Waals surface area contributed by atoms with Crippen LogP contribution in [0.2, 0.25) is 5.15 Å². The lowest BCUT2D eigenvalue weighted by molar-refractivity contribution is -0.111. The predicted molar refractivity (Wildman–Crippen MR) is 77.7 cm³/mol. The van der Waals surface area contributed by atoms with Crippen molar-refractivity contribution >= 4 is 29.4 Å². The molecule has 0 fully saturated rings. The standard InChI is InChI=1S/C14H12ClN3O2/c1-20-11-5-2-10(3-6-11)4-9-14(19)16-13-8-7-12(15)17-18-13/h2-9H,1H3,(H,16,18,19)/b9-4+. The fourth-order valence-corrected chi connectivity index (χ4v) is 1.54. The molecule has 0 aliphatic carbocycles. The number of rotatable bonds is 4. The quantitative estimate of drug-likeness (QED) is 0.879. The number of halogens is 1. The third-order valence-corrected chi connectivity index (χ3v) is 2.63. The zero-order chi connectivity index (χ0) is 14.4. The van der Waals surface area contributed by atoms with Crippen molar-refractivity contribution in [2.24, 2.45) is 0 Å². The first-order valence-corrected chi connectivity index (χ1v) is 6.17. The summed E-state index contributed by atoms with van der Waals surface area (Å²) >= 11 is 5.60. The molecule has 0 bridgehead atoms. The summed E-state index contributed by atoms with van der Waals surface area (Å²) < 4.78 is 5.05. The number of hydrogen-bond acceptors (Lipinski definition) is 4. The Morgan fingerprint density at radius 1 is 1.20 bits per heavy atom. The lowest BCUT2D eigenvalue weighted by Crippen LogP contribution is -2.09. The second-order valence-corrected chi connectivity index (χ2v) is 4.22. The predicted octanol–water partition coefficient (Wildman–Crippen LogP) is 2.79. The van der Waals surface area contributed by atoms with Crippen LogP contribution in [0.25, 0.3) is 6.08 Å². The Balaban J connectivity index is 1.96. The Labute approximate surface area is 121 Å². The van der Waals surface area contributed by atoms with Gasteiger partial charge in [0.25, 0.3) is 0 Å². The molecule has 0 saturated carbocycles. The van der Waals surface area contributed by atoms with E-state index in [0.29, 0.717) is 5.82 Å². The van der Waals surface area contributed by atoms with Crippen LogP contribution in [0.3, 0.4) is 0 Å². The molecule has 0 saturated heterocycles. The molecule has 1 aromatic carbocycles. The molecular weight excluding hydrogens is 278 g/mol. The van der Waals surface area contributed by atoms with Crippen molar-refractivity contribution in [3.05, 3.63) is 53.2 Å². The number of nitrogens with zero attached hydrogens (tertiary/aromatic N) is 2. The van der Waals surface area contributed by atoms with E-state index in [1.807, 2.05) is 24.3 Å². The highest BCUT2D eigenvalue weighted by Gasteiger charge is 2.00. The normalized spacial score (nSPS) is 10.5. The molecule has 2 aromatic rings. The summed E-state index contributed by atoms with van der Waals surface area (Å²) in [5, 5.41) is 10.2. The molecule has 2 rings (SSSR count). The van der Waals surface area contributed by atoms with Gasteiger partial charge in [-0.05, 0) is 35.9 Å². The van der Waals surface area contributed by atoms with Gasteiger partial charge in [-0.2, -0.15) is 0 Å². The van der Waals surface area contributed by atoms with Gasteiger partial charge in [-0.25, -0.2) is 0 Å². The summed E-state index contributed by atoms with van der Waals surface area (Å²) in [6.07, 6.45) is 3.11. The Bertz CT molecular complexity index is 609. The second kappa shape index (κ2) is 6.68. The van der Waals surface area contributed by atoms with Gasteiger partial charge in [-0.3, -0.25) is 4.79 Å². The number of amides is 1. The van der Waals surface area contributed by atoms with Crippen LogP contribution >= 0.6 is 11.6 Å². The van der Waals surface area contributed by atoms with Crippen molar-refractivity contribution in [3.8, 4) is 5.75 Å². The molecule has 1 amide bonds. The molecule has 1 aromatic heterocycles. The molecule has 0 radical (unpaired) electrons. The summed E-state index contributed by atoms with van der Waals surface area (Å²) in [4.78, 5) is 11.7. The lowest BCUT2D eigenvalue weighted by Gasteiger charge is -2.00. The van der Waals surface area contributed by atoms with Crippen LogP contribution in [-0.2, 0) is 4.79 Å². The van der Waals surface area contributed by atoms with Crippen LogP contribution in [0.1, 0.15) is 5.56 Å². The SMILES string of the molecule is COc1ccc(/C=C/C(=O)Nc2ccc(Cl)nn2)cc1. The van der Waals surface area contributed by atoms with Crippen molar-refractivity contribution in [1.29, 1.82) is 0 Å². The summed E-state index contributed by atoms with van der Waals surface area (Å²) in [5.41, 5.74) is 0.892. The van der Waals surface area contributed by atoms with E-state index in [0.717, 1.165) is 11.3 Å². The zero-order valence-corrected chi connectivity index (χ0v) is 11.5. The first-order chi connectivity index (χ1) is 9.67. The minimum absolute atomic E-state index is 0.275. The number of anilines is 1. The monoisotopic (exact) mass is 289 g/mol. The zero-order valence-electron chi connectivity index (χ0n) is 10.7. The number of nitrogens with one attached hydrogen (secondary N) is 1. The van der Waals surface area contributed by atoms with E-state index >= 15 is 0 Å². The fraction of sp³-hybridized carbons (Fsp3) is 0.0714. The molecule has 6 heteroatoms. The van der Waals surface area contributed by atoms with Gasteiger partial charge in [-0.1, -0.05) is 23.7 Å². The molecule has 0 aliphatic rings. The van der Waals surface area contributed by atoms with E-state index in [-0.39, 0.29) is 11.1 Å². The Kier molecular flexibility index (Phi) is 4.68. The van der Waals surface area contributed by atoms with Crippen LogP contribution < -0.4 is 10.1 Å². The molecule has 0 spiro atoms. The van der Waals surface area contributed by atoms with Gasteiger partial charge in [0, 0.05) is 6.08 Å². The van der Waals surface area contributed by atoms with Crippen LogP contribution in [-0.4, -0.2) is 23.2 Å². The second-order valence-electron chi connectivity index (χ2n) is 3.84. The van der Waals surface area contributed by atoms with Crippen LogP contribution in [0.5, 0.6) is 5.75 Å². The molecule has 1 heterocycles. The number of methoxy groups -OCH3 is 1. The van der Waals surface area contributed by atoms with E-state index in [9.17, 15) is 4.79 Å². The summed E-state index contributed by atoms with van der Waals surface area (Å²) in [5.74, 6) is 0.819. The van der Waals surface area contributed by atoms with Gasteiger partial charge in [-0.15, -0.1) is 10.2 Å². The summed E-state index contributed by atoms with van der Waals surface area (Å²) in [6.45, 7) is 0. The van der Waals surface area contributed by atoms with Crippen LogP contribution in [0.4, 0.5) is 5.82 Å². The molecule has 0 unspecified atom stereocenters. The van der Waals surface area contributed by atoms with Crippen molar-refractivity contribution in [2.75, 3.05) is 12.4 Å². The maximum atomic E-state index is 11.7. The minimum atomic E-state index is -0.294. The van der Waals surface area contributed by atoms with E-state index in [1.165, 1.54) is 6.08 Å². The van der Waals surface area contributed by atoms with E-state index in [2.05, 4.69) is 15.5 Å². The number of benzene rings is 1. The van der Waals surface area contributed by atoms with Gasteiger partial charge in [0.1, 0.15) is 5.75 Å². The molecule has 0 atom stereocenters. The number of ether oxygens (including phenoxy) is 1. The first kappa shape index (κ1) is 14.0. The average Bonchev–Trinajstić information content (AvgIpc) is 2.48. The number of carbonyl (C=O) groups is 1. The minimum Gasteiger partial charge on any atom is -0.497 e.